The highest BCUT2D eigenvalue weighted by atomic mass is 127. The third-order valence-corrected chi connectivity index (χ3v) is 8.18. The van der Waals surface area contributed by atoms with Crippen molar-refractivity contribution < 1.29 is 9.53 Å². The number of hydrogen-bond donors (Lipinski definition) is 0. The summed E-state index contributed by atoms with van der Waals surface area (Å²) in [7, 11) is 3.83. The van der Waals surface area contributed by atoms with Gasteiger partial charge in [0.2, 0.25) is 0 Å². The Bertz CT molecular complexity index is 1030. The standard InChI is InChI=1S/C23H25BrIN3O2.C2H2/c1-4-21-23(28(25)20-15-18(30-3)9-10-19(20)26(21)2)11-13-27(14-12-23)22(29)16-5-7-17(24)8-6-16;1-2/h4-10,15H,11-14H2,1-3H3;1-2H/b21-4-;. The minimum Gasteiger partial charge on any atom is -0.497 e. The average molecular weight is 608 g/mol. The topological polar surface area (TPSA) is 36.0 Å². The molecule has 7 heteroatoms. The Kier molecular flexibility index (Phi) is 7.78. The number of anilines is 2. The minimum absolute atomic E-state index is 0.102. The van der Waals surface area contributed by atoms with Crippen LogP contribution in [0.4, 0.5) is 11.4 Å². The average Bonchev–Trinajstić information content (AvgIpc) is 2.84. The first-order valence-corrected chi connectivity index (χ1v) is 12.1. The molecule has 4 rings (SSSR count). The normalized spacial score (nSPS) is 18.1. The number of carbonyl (C=O) groups is 1. The molecular formula is C25H27BrIN3O2. The van der Waals surface area contributed by atoms with Crippen LogP contribution in [0.1, 0.15) is 30.1 Å². The van der Waals surface area contributed by atoms with E-state index in [-0.39, 0.29) is 11.4 Å². The van der Waals surface area contributed by atoms with E-state index >= 15 is 0 Å². The molecule has 0 aromatic heterocycles. The molecular weight excluding hydrogens is 581 g/mol. The van der Waals surface area contributed by atoms with Gasteiger partial charge >= 0.3 is 0 Å². The largest absolute Gasteiger partial charge is 0.497 e. The molecule has 2 aromatic rings. The predicted molar refractivity (Wildman–Crippen MR) is 144 cm³/mol. The van der Waals surface area contributed by atoms with E-state index in [1.807, 2.05) is 35.2 Å². The molecule has 1 saturated heterocycles. The maximum absolute atomic E-state index is 13.0. The molecule has 5 nitrogen and oxygen atoms in total. The summed E-state index contributed by atoms with van der Waals surface area (Å²) in [4.78, 5) is 17.3. The Hall–Kier alpha value is -2.18. The van der Waals surface area contributed by atoms with E-state index in [2.05, 4.69) is 91.8 Å². The Morgan fingerprint density at radius 2 is 1.75 bits per heavy atom. The first kappa shape index (κ1) is 24.5. The van der Waals surface area contributed by atoms with Gasteiger partial charge in [0.1, 0.15) is 5.75 Å². The zero-order chi connectivity index (χ0) is 23.5. The number of piperidine rings is 1. The molecule has 0 N–H and O–H groups in total. The number of carbonyl (C=O) groups excluding carboxylic acids is 1. The number of rotatable bonds is 2. The first-order valence-electron chi connectivity index (χ1n) is 10.3. The molecule has 0 radical (unpaired) electrons. The molecule has 1 amide bonds. The van der Waals surface area contributed by atoms with Crippen LogP contribution in [0.5, 0.6) is 5.75 Å². The highest BCUT2D eigenvalue weighted by molar-refractivity contribution is 14.1. The smallest absolute Gasteiger partial charge is 0.253 e. The highest BCUT2D eigenvalue weighted by Gasteiger charge is 2.48. The highest BCUT2D eigenvalue weighted by Crippen LogP contribution is 2.51. The van der Waals surface area contributed by atoms with Crippen LogP contribution in [-0.2, 0) is 0 Å². The van der Waals surface area contributed by atoms with Crippen LogP contribution >= 0.6 is 38.8 Å². The number of ether oxygens (including phenoxy) is 1. The second-order valence-electron chi connectivity index (χ2n) is 7.70. The second-order valence-corrected chi connectivity index (χ2v) is 9.58. The molecule has 0 bridgehead atoms. The van der Waals surface area contributed by atoms with Gasteiger partial charge in [-0.3, -0.25) is 4.79 Å². The van der Waals surface area contributed by atoms with E-state index in [9.17, 15) is 4.79 Å². The van der Waals surface area contributed by atoms with Crippen LogP contribution in [0.25, 0.3) is 0 Å². The van der Waals surface area contributed by atoms with Gasteiger partial charge in [-0.25, -0.2) is 0 Å². The summed E-state index contributed by atoms with van der Waals surface area (Å²) < 4.78 is 8.82. The Morgan fingerprint density at radius 1 is 1.12 bits per heavy atom. The summed E-state index contributed by atoms with van der Waals surface area (Å²) in [5.41, 5.74) is 4.18. The van der Waals surface area contributed by atoms with Gasteiger partial charge in [0.25, 0.3) is 5.91 Å². The molecule has 168 valence electrons. The van der Waals surface area contributed by atoms with E-state index in [0.717, 1.165) is 53.1 Å². The van der Waals surface area contributed by atoms with Crippen molar-refractivity contribution in [3.05, 3.63) is 64.3 Å². The number of fused-ring (bicyclic) bond motifs is 1. The molecule has 0 aliphatic carbocycles. The fraction of sp³-hybridized carbons (Fsp3) is 0.320. The fourth-order valence-corrected chi connectivity index (χ4v) is 5.99. The van der Waals surface area contributed by atoms with Crippen molar-refractivity contribution in [1.82, 2.24) is 4.90 Å². The molecule has 2 aliphatic rings. The van der Waals surface area contributed by atoms with Gasteiger partial charge < -0.3 is 17.6 Å². The quantitative estimate of drug-likeness (QED) is 0.242. The van der Waals surface area contributed by atoms with E-state index < -0.39 is 0 Å². The SMILES string of the molecule is C#C.C/C=C1\N(C)c2ccc(OC)cc2N(I)C12CCN(C(=O)c1ccc(Br)cc1)CC2. The lowest BCUT2D eigenvalue weighted by Gasteiger charge is -2.54. The van der Waals surface area contributed by atoms with E-state index in [1.165, 1.54) is 5.70 Å². The third-order valence-electron chi connectivity index (χ3n) is 6.21. The molecule has 2 heterocycles. The summed E-state index contributed by atoms with van der Waals surface area (Å²) in [6, 6.07) is 13.8. The van der Waals surface area contributed by atoms with E-state index in [0.29, 0.717) is 0 Å². The van der Waals surface area contributed by atoms with Crippen LogP contribution in [0.15, 0.2) is 58.7 Å². The number of benzene rings is 2. The van der Waals surface area contributed by atoms with Gasteiger partial charge in [-0.2, -0.15) is 0 Å². The molecule has 2 aromatic carbocycles. The number of likely N-dealkylation sites (tertiary alicyclic amines) is 1. The van der Waals surface area contributed by atoms with E-state index in [4.69, 9.17) is 4.74 Å². The lowest BCUT2D eigenvalue weighted by atomic mass is 9.81. The van der Waals surface area contributed by atoms with Crippen molar-refractivity contribution in [2.45, 2.75) is 25.3 Å². The minimum atomic E-state index is -0.153. The third kappa shape index (κ3) is 4.23. The van der Waals surface area contributed by atoms with Gasteiger partial charge in [0.05, 0.1) is 46.9 Å². The molecule has 2 aliphatic heterocycles. The lowest BCUT2D eigenvalue weighted by molar-refractivity contribution is 0.0690. The molecule has 0 atom stereocenters. The monoisotopic (exact) mass is 607 g/mol. The molecule has 0 unspecified atom stereocenters. The number of halogens is 2. The van der Waals surface area contributed by atoms with Crippen molar-refractivity contribution in [2.24, 2.45) is 0 Å². The van der Waals surface area contributed by atoms with Crippen molar-refractivity contribution >= 4 is 56.1 Å². The number of amides is 1. The number of methoxy groups -OCH3 is 1. The number of allylic oxidation sites excluding steroid dienone is 1. The van der Waals surface area contributed by atoms with E-state index in [1.54, 1.807) is 7.11 Å². The van der Waals surface area contributed by atoms with Crippen LogP contribution in [0.3, 0.4) is 0 Å². The van der Waals surface area contributed by atoms with Gasteiger partial charge in [0, 0.05) is 41.9 Å². The molecule has 1 spiro atoms. The van der Waals surface area contributed by atoms with Gasteiger partial charge in [0.15, 0.2) is 0 Å². The van der Waals surface area contributed by atoms with Crippen molar-refractivity contribution in [1.29, 1.82) is 0 Å². The molecule has 1 fully saturated rings. The Balaban J connectivity index is 0.00000141. The number of likely N-dealkylation sites (N-methyl/N-ethyl adjacent to an activating group) is 1. The number of hydrogen-bond acceptors (Lipinski definition) is 4. The van der Waals surface area contributed by atoms with Crippen LogP contribution in [-0.4, -0.2) is 43.6 Å². The first-order chi connectivity index (χ1) is 15.4. The second kappa shape index (κ2) is 10.2. The number of terminal acetylenes is 1. The zero-order valence-electron chi connectivity index (χ0n) is 18.5. The van der Waals surface area contributed by atoms with Crippen LogP contribution < -0.4 is 12.8 Å². The Labute approximate surface area is 213 Å². The van der Waals surface area contributed by atoms with Gasteiger partial charge in [-0.1, -0.05) is 22.0 Å². The summed E-state index contributed by atoms with van der Waals surface area (Å²) >= 11 is 5.88. The number of nitrogens with zero attached hydrogens (tertiary/aromatic N) is 3. The van der Waals surface area contributed by atoms with Gasteiger partial charge in [-0.15, -0.1) is 12.8 Å². The van der Waals surface area contributed by atoms with Gasteiger partial charge in [-0.05, 0) is 56.2 Å². The zero-order valence-corrected chi connectivity index (χ0v) is 22.3. The Morgan fingerprint density at radius 3 is 2.31 bits per heavy atom. The fourth-order valence-electron chi connectivity index (χ4n) is 4.61. The summed E-state index contributed by atoms with van der Waals surface area (Å²) in [5.74, 6) is 0.955. The molecule has 32 heavy (non-hydrogen) atoms. The summed E-state index contributed by atoms with van der Waals surface area (Å²) in [6.07, 6.45) is 12.0. The maximum Gasteiger partial charge on any atom is 0.253 e. The van der Waals surface area contributed by atoms with Crippen LogP contribution in [0.2, 0.25) is 0 Å². The molecule has 0 saturated carbocycles. The van der Waals surface area contributed by atoms with Crippen LogP contribution in [0, 0.1) is 12.8 Å². The van der Waals surface area contributed by atoms with Crippen molar-refractivity contribution in [3.8, 4) is 18.6 Å². The predicted octanol–water partition coefficient (Wildman–Crippen LogP) is 5.89. The maximum atomic E-state index is 13.0. The summed E-state index contributed by atoms with van der Waals surface area (Å²) in [6.45, 7) is 3.55. The summed E-state index contributed by atoms with van der Waals surface area (Å²) in [5, 5.41) is 0. The van der Waals surface area contributed by atoms with Crippen molar-refractivity contribution in [3.63, 3.8) is 0 Å². The van der Waals surface area contributed by atoms with Crippen molar-refractivity contribution in [2.75, 3.05) is 35.3 Å². The lowest BCUT2D eigenvalue weighted by Crippen LogP contribution is -2.59.